The fourth-order valence-corrected chi connectivity index (χ4v) is 2.72. The lowest BCUT2D eigenvalue weighted by Gasteiger charge is -2.11. The molecule has 0 unspecified atom stereocenters. The summed E-state index contributed by atoms with van der Waals surface area (Å²) < 4.78 is 1.74. The zero-order chi connectivity index (χ0) is 15.7. The Kier molecular flexibility index (Phi) is 3.59. The van der Waals surface area contributed by atoms with Gasteiger partial charge >= 0.3 is 0 Å². The third-order valence-corrected chi connectivity index (χ3v) is 3.66. The number of benzene rings is 2. The second kappa shape index (κ2) is 5.56. The number of carbonyl (C=O) groups excluding carboxylic acids is 1. The summed E-state index contributed by atoms with van der Waals surface area (Å²) in [6, 6.07) is 14.1. The Labute approximate surface area is 129 Å². The molecule has 0 saturated heterocycles. The molecule has 4 heteroatoms. The molecule has 0 amide bonds. The number of nitrogens with zero attached hydrogens (tertiary/aromatic N) is 3. The molecule has 3 aromatic rings. The van der Waals surface area contributed by atoms with Crippen LogP contribution in [0.5, 0.6) is 0 Å². The van der Waals surface area contributed by atoms with Crippen LogP contribution in [0, 0.1) is 20.8 Å². The minimum absolute atomic E-state index is 0.355. The molecule has 0 saturated carbocycles. The second-order valence-corrected chi connectivity index (χ2v) is 5.51. The van der Waals surface area contributed by atoms with Crippen molar-refractivity contribution in [3.63, 3.8) is 0 Å². The van der Waals surface area contributed by atoms with Gasteiger partial charge in [-0.25, -0.2) is 4.68 Å². The van der Waals surface area contributed by atoms with E-state index in [9.17, 15) is 4.79 Å². The number of aryl methyl sites for hydroxylation is 3. The minimum atomic E-state index is 0.355. The standard InChI is InChI=1S/C18H17N3O/c1-12-8-13(2)10-15(9-12)21-18(17(11-22)19-20-21)16-7-5-4-6-14(16)3/h4-11H,1-3H3. The molecule has 4 nitrogen and oxygen atoms in total. The highest BCUT2D eigenvalue weighted by atomic mass is 16.1. The summed E-state index contributed by atoms with van der Waals surface area (Å²) in [7, 11) is 0. The molecule has 0 N–H and O–H groups in total. The summed E-state index contributed by atoms with van der Waals surface area (Å²) in [5.74, 6) is 0. The smallest absolute Gasteiger partial charge is 0.172 e. The first-order valence-corrected chi connectivity index (χ1v) is 7.15. The second-order valence-electron chi connectivity index (χ2n) is 5.51. The van der Waals surface area contributed by atoms with Crippen LogP contribution in [-0.4, -0.2) is 21.3 Å². The van der Waals surface area contributed by atoms with Crippen molar-refractivity contribution in [2.75, 3.05) is 0 Å². The van der Waals surface area contributed by atoms with Gasteiger partial charge < -0.3 is 0 Å². The van der Waals surface area contributed by atoms with Crippen LogP contribution in [0.3, 0.4) is 0 Å². The van der Waals surface area contributed by atoms with Crippen LogP contribution >= 0.6 is 0 Å². The molecule has 0 atom stereocenters. The third kappa shape index (κ3) is 2.44. The van der Waals surface area contributed by atoms with Crippen molar-refractivity contribution in [3.8, 4) is 16.9 Å². The van der Waals surface area contributed by atoms with Gasteiger partial charge in [0.05, 0.1) is 5.69 Å². The Morgan fingerprint density at radius 3 is 2.32 bits per heavy atom. The van der Waals surface area contributed by atoms with Gasteiger partial charge in [0.2, 0.25) is 0 Å². The lowest BCUT2D eigenvalue weighted by molar-refractivity contribution is 0.111. The first-order valence-electron chi connectivity index (χ1n) is 7.15. The molecule has 0 aliphatic carbocycles. The van der Waals surface area contributed by atoms with Crippen molar-refractivity contribution in [2.45, 2.75) is 20.8 Å². The van der Waals surface area contributed by atoms with Crippen LogP contribution in [0.1, 0.15) is 27.2 Å². The van der Waals surface area contributed by atoms with E-state index in [-0.39, 0.29) is 0 Å². The Morgan fingerprint density at radius 2 is 1.68 bits per heavy atom. The monoisotopic (exact) mass is 291 g/mol. The van der Waals surface area contributed by atoms with E-state index in [1.807, 2.05) is 57.2 Å². The van der Waals surface area contributed by atoms with Crippen LogP contribution in [0.15, 0.2) is 42.5 Å². The van der Waals surface area contributed by atoms with E-state index in [0.29, 0.717) is 5.69 Å². The normalized spacial score (nSPS) is 10.7. The van der Waals surface area contributed by atoms with Crippen LogP contribution in [-0.2, 0) is 0 Å². The largest absolute Gasteiger partial charge is 0.296 e. The van der Waals surface area contributed by atoms with Crippen molar-refractivity contribution in [3.05, 3.63) is 64.8 Å². The van der Waals surface area contributed by atoms with Gasteiger partial charge in [0, 0.05) is 5.56 Å². The summed E-state index contributed by atoms with van der Waals surface area (Å²) in [5, 5.41) is 8.23. The molecule has 22 heavy (non-hydrogen) atoms. The molecule has 0 spiro atoms. The fourth-order valence-electron chi connectivity index (χ4n) is 2.72. The van der Waals surface area contributed by atoms with Gasteiger partial charge in [-0.3, -0.25) is 4.79 Å². The maximum Gasteiger partial charge on any atom is 0.172 e. The molecule has 2 aromatic carbocycles. The van der Waals surface area contributed by atoms with Gasteiger partial charge in [0.15, 0.2) is 12.0 Å². The van der Waals surface area contributed by atoms with E-state index in [1.165, 1.54) is 0 Å². The fraction of sp³-hybridized carbons (Fsp3) is 0.167. The Bertz CT molecular complexity index is 829. The van der Waals surface area contributed by atoms with Gasteiger partial charge in [0.25, 0.3) is 0 Å². The summed E-state index contributed by atoms with van der Waals surface area (Å²) in [4.78, 5) is 11.4. The van der Waals surface area contributed by atoms with E-state index in [1.54, 1.807) is 4.68 Å². The topological polar surface area (TPSA) is 47.8 Å². The molecule has 1 aromatic heterocycles. The van der Waals surface area contributed by atoms with Crippen LogP contribution in [0.4, 0.5) is 0 Å². The maximum absolute atomic E-state index is 11.4. The molecule has 3 rings (SSSR count). The highest BCUT2D eigenvalue weighted by molar-refractivity contribution is 5.85. The van der Waals surface area contributed by atoms with Gasteiger partial charge in [-0.2, -0.15) is 0 Å². The lowest BCUT2D eigenvalue weighted by Crippen LogP contribution is -2.02. The zero-order valence-electron chi connectivity index (χ0n) is 12.9. The van der Waals surface area contributed by atoms with E-state index < -0.39 is 0 Å². The summed E-state index contributed by atoms with van der Waals surface area (Å²) >= 11 is 0. The van der Waals surface area contributed by atoms with E-state index in [4.69, 9.17) is 0 Å². The molecular formula is C18H17N3O. The van der Waals surface area contributed by atoms with Crippen LogP contribution < -0.4 is 0 Å². The SMILES string of the molecule is Cc1cc(C)cc(-n2nnc(C=O)c2-c2ccccc2C)c1. The van der Waals surface area contributed by atoms with Gasteiger partial charge in [0.1, 0.15) is 5.69 Å². The number of hydrogen-bond donors (Lipinski definition) is 0. The number of hydrogen-bond acceptors (Lipinski definition) is 3. The van der Waals surface area contributed by atoms with E-state index >= 15 is 0 Å². The first kappa shape index (κ1) is 14.2. The zero-order valence-corrected chi connectivity index (χ0v) is 12.9. The van der Waals surface area contributed by atoms with Crippen molar-refractivity contribution >= 4 is 6.29 Å². The average Bonchev–Trinajstić information content (AvgIpc) is 2.90. The van der Waals surface area contributed by atoms with Gasteiger partial charge in [-0.05, 0) is 49.6 Å². The molecule has 110 valence electrons. The number of aldehydes is 1. The first-order chi connectivity index (χ1) is 10.6. The van der Waals surface area contributed by atoms with Gasteiger partial charge in [-0.1, -0.05) is 35.5 Å². The lowest BCUT2D eigenvalue weighted by atomic mass is 10.0. The highest BCUT2D eigenvalue weighted by Crippen LogP contribution is 2.27. The minimum Gasteiger partial charge on any atom is -0.296 e. The van der Waals surface area contributed by atoms with Crippen LogP contribution in [0.25, 0.3) is 16.9 Å². The molecule has 0 fully saturated rings. The van der Waals surface area contributed by atoms with Crippen molar-refractivity contribution in [2.24, 2.45) is 0 Å². The van der Waals surface area contributed by atoms with E-state index in [2.05, 4.69) is 16.4 Å². The third-order valence-electron chi connectivity index (χ3n) is 3.66. The van der Waals surface area contributed by atoms with Crippen molar-refractivity contribution in [1.29, 1.82) is 0 Å². The molecule has 0 bridgehead atoms. The summed E-state index contributed by atoms with van der Waals surface area (Å²) in [6.45, 7) is 6.10. The summed E-state index contributed by atoms with van der Waals surface area (Å²) in [5.41, 5.74) is 6.35. The van der Waals surface area contributed by atoms with Crippen molar-refractivity contribution in [1.82, 2.24) is 15.0 Å². The Balaban J connectivity index is 2.28. The Hall–Kier alpha value is -2.75. The number of carbonyl (C=O) groups is 1. The number of aromatic nitrogens is 3. The molecule has 1 heterocycles. The van der Waals surface area contributed by atoms with E-state index in [0.717, 1.165) is 39.9 Å². The molecule has 0 aliphatic rings. The molecule has 0 aliphatic heterocycles. The predicted octanol–water partition coefficient (Wildman–Crippen LogP) is 3.67. The molecular weight excluding hydrogens is 274 g/mol. The Morgan fingerprint density at radius 1 is 1.00 bits per heavy atom. The maximum atomic E-state index is 11.4. The number of rotatable bonds is 3. The average molecular weight is 291 g/mol. The quantitative estimate of drug-likeness (QED) is 0.692. The van der Waals surface area contributed by atoms with Crippen molar-refractivity contribution < 1.29 is 4.79 Å². The van der Waals surface area contributed by atoms with Crippen LogP contribution in [0.2, 0.25) is 0 Å². The predicted molar refractivity (Wildman–Crippen MR) is 86.4 cm³/mol. The summed E-state index contributed by atoms with van der Waals surface area (Å²) in [6.07, 6.45) is 0.758. The highest BCUT2D eigenvalue weighted by Gasteiger charge is 2.17. The van der Waals surface area contributed by atoms with Gasteiger partial charge in [-0.15, -0.1) is 5.10 Å². The molecule has 0 radical (unpaired) electrons.